The molecule has 0 saturated heterocycles. The van der Waals surface area contributed by atoms with E-state index in [9.17, 15) is 0 Å². The quantitative estimate of drug-likeness (QED) is 0.716. The Bertz CT molecular complexity index is 741. The van der Waals surface area contributed by atoms with E-state index < -0.39 is 7.12 Å². The summed E-state index contributed by atoms with van der Waals surface area (Å²) in [5, 5.41) is 18.8. The van der Waals surface area contributed by atoms with Crippen LogP contribution in [0.2, 0.25) is 5.02 Å². The molecular formula is C14H12BClN2O2. The average Bonchev–Trinajstić information content (AvgIpc) is 2.82. The van der Waals surface area contributed by atoms with Crippen LogP contribution in [0.15, 0.2) is 48.8 Å². The van der Waals surface area contributed by atoms with Crippen LogP contribution in [0.4, 0.5) is 0 Å². The van der Waals surface area contributed by atoms with Crippen LogP contribution in [0.5, 0.6) is 0 Å². The molecule has 1 aromatic heterocycles. The van der Waals surface area contributed by atoms with E-state index in [2.05, 4.69) is 4.98 Å². The van der Waals surface area contributed by atoms with Crippen LogP contribution in [0.1, 0.15) is 5.56 Å². The van der Waals surface area contributed by atoms with Crippen molar-refractivity contribution in [3.63, 3.8) is 0 Å². The highest BCUT2D eigenvalue weighted by Gasteiger charge is 2.10. The smallest absolute Gasteiger partial charge is 0.423 e. The Morgan fingerprint density at radius 2 is 1.85 bits per heavy atom. The number of aromatic nitrogens is 2. The topological polar surface area (TPSA) is 58.3 Å². The van der Waals surface area contributed by atoms with E-state index in [-0.39, 0.29) is 0 Å². The number of hydrogen-bond acceptors (Lipinski definition) is 3. The van der Waals surface area contributed by atoms with Crippen LogP contribution in [0, 0.1) is 0 Å². The molecule has 1 heterocycles. The molecule has 0 unspecified atom stereocenters. The minimum Gasteiger partial charge on any atom is -0.423 e. The molecule has 20 heavy (non-hydrogen) atoms. The van der Waals surface area contributed by atoms with Gasteiger partial charge in [0.2, 0.25) is 0 Å². The molecule has 0 radical (unpaired) electrons. The largest absolute Gasteiger partial charge is 0.488 e. The van der Waals surface area contributed by atoms with E-state index in [1.807, 2.05) is 34.9 Å². The van der Waals surface area contributed by atoms with Gasteiger partial charge in [-0.1, -0.05) is 35.9 Å². The Hall–Kier alpha value is -1.82. The molecule has 2 aromatic carbocycles. The van der Waals surface area contributed by atoms with Crippen LogP contribution in [-0.2, 0) is 6.54 Å². The summed E-state index contributed by atoms with van der Waals surface area (Å²) in [5.74, 6) is 0. The molecule has 0 saturated carbocycles. The fourth-order valence-electron chi connectivity index (χ4n) is 2.15. The first kappa shape index (κ1) is 13.2. The first-order valence-corrected chi connectivity index (χ1v) is 6.56. The average molecular weight is 287 g/mol. The number of hydrogen-bond donors (Lipinski definition) is 2. The second-order valence-corrected chi connectivity index (χ2v) is 5.06. The number of imidazole rings is 1. The van der Waals surface area contributed by atoms with Crippen LogP contribution >= 0.6 is 11.6 Å². The lowest BCUT2D eigenvalue weighted by Crippen LogP contribution is -2.29. The zero-order valence-corrected chi connectivity index (χ0v) is 11.3. The predicted octanol–water partition coefficient (Wildman–Crippen LogP) is 1.42. The van der Waals surface area contributed by atoms with Gasteiger partial charge in [0, 0.05) is 11.6 Å². The molecule has 3 rings (SSSR count). The molecule has 0 atom stereocenters. The van der Waals surface area contributed by atoms with Crippen molar-refractivity contribution in [2.24, 2.45) is 0 Å². The van der Waals surface area contributed by atoms with Crippen molar-refractivity contribution >= 4 is 35.2 Å². The SMILES string of the molecule is OB(O)c1ccc(Cn2cnc3ccc(Cl)cc32)cc1. The van der Waals surface area contributed by atoms with Gasteiger partial charge >= 0.3 is 7.12 Å². The van der Waals surface area contributed by atoms with Gasteiger partial charge in [-0.3, -0.25) is 0 Å². The zero-order valence-electron chi connectivity index (χ0n) is 10.6. The summed E-state index contributed by atoms with van der Waals surface area (Å²) in [7, 11) is -1.43. The first-order valence-electron chi connectivity index (χ1n) is 6.19. The summed E-state index contributed by atoms with van der Waals surface area (Å²) in [6.45, 7) is 0.651. The maximum Gasteiger partial charge on any atom is 0.488 e. The van der Waals surface area contributed by atoms with Gasteiger partial charge in [0.15, 0.2) is 0 Å². The number of nitrogens with zero attached hydrogens (tertiary/aromatic N) is 2. The molecule has 4 nitrogen and oxygen atoms in total. The van der Waals surface area contributed by atoms with Crippen molar-refractivity contribution in [1.29, 1.82) is 0 Å². The van der Waals surface area contributed by atoms with Crippen LogP contribution in [-0.4, -0.2) is 26.7 Å². The lowest BCUT2D eigenvalue weighted by Gasteiger charge is -2.06. The Morgan fingerprint density at radius 1 is 1.10 bits per heavy atom. The molecule has 0 bridgehead atoms. The molecule has 2 N–H and O–H groups in total. The van der Waals surface area contributed by atoms with Crippen molar-refractivity contribution < 1.29 is 10.0 Å². The third-order valence-electron chi connectivity index (χ3n) is 3.21. The van der Waals surface area contributed by atoms with E-state index in [1.165, 1.54) is 0 Å². The van der Waals surface area contributed by atoms with Crippen molar-refractivity contribution in [1.82, 2.24) is 9.55 Å². The summed E-state index contributed by atoms with van der Waals surface area (Å²) in [6.07, 6.45) is 1.77. The Labute approximate surface area is 121 Å². The zero-order chi connectivity index (χ0) is 14.1. The van der Waals surface area contributed by atoms with Gasteiger partial charge < -0.3 is 14.6 Å². The lowest BCUT2D eigenvalue weighted by atomic mass is 9.80. The highest BCUT2D eigenvalue weighted by atomic mass is 35.5. The Morgan fingerprint density at radius 3 is 2.55 bits per heavy atom. The molecule has 6 heteroatoms. The molecule has 100 valence electrons. The maximum atomic E-state index is 9.07. The first-order chi connectivity index (χ1) is 9.63. The fourth-order valence-corrected chi connectivity index (χ4v) is 2.31. The van der Waals surface area contributed by atoms with E-state index >= 15 is 0 Å². The number of rotatable bonds is 3. The summed E-state index contributed by atoms with van der Waals surface area (Å²) in [6, 6.07) is 12.7. The van der Waals surface area contributed by atoms with Gasteiger partial charge in [-0.2, -0.15) is 0 Å². The molecule has 0 aliphatic rings. The summed E-state index contributed by atoms with van der Waals surface area (Å²) in [4.78, 5) is 4.33. The maximum absolute atomic E-state index is 9.07. The monoisotopic (exact) mass is 286 g/mol. The number of benzene rings is 2. The normalized spacial score (nSPS) is 10.9. The van der Waals surface area contributed by atoms with Crippen molar-refractivity contribution in [3.05, 3.63) is 59.4 Å². The fraction of sp³-hybridized carbons (Fsp3) is 0.0714. The van der Waals surface area contributed by atoms with Gasteiger partial charge in [0.05, 0.1) is 17.4 Å². The van der Waals surface area contributed by atoms with Gasteiger partial charge in [-0.25, -0.2) is 4.98 Å². The van der Waals surface area contributed by atoms with Crippen molar-refractivity contribution in [2.75, 3.05) is 0 Å². The third kappa shape index (κ3) is 2.56. The van der Waals surface area contributed by atoms with Gasteiger partial charge in [0.25, 0.3) is 0 Å². The van der Waals surface area contributed by atoms with Crippen molar-refractivity contribution in [2.45, 2.75) is 6.54 Å². The van der Waals surface area contributed by atoms with Crippen molar-refractivity contribution in [3.8, 4) is 0 Å². The minimum atomic E-state index is -1.43. The molecule has 3 aromatic rings. The highest BCUT2D eigenvalue weighted by molar-refractivity contribution is 6.58. The van der Waals surface area contributed by atoms with Crippen LogP contribution < -0.4 is 5.46 Å². The molecule has 0 aliphatic heterocycles. The Balaban J connectivity index is 1.91. The second-order valence-electron chi connectivity index (χ2n) is 4.62. The van der Waals surface area contributed by atoms with Gasteiger partial charge in [-0.05, 0) is 29.2 Å². The van der Waals surface area contributed by atoms with E-state index in [1.54, 1.807) is 18.5 Å². The number of fused-ring (bicyclic) bond motifs is 1. The molecular weight excluding hydrogens is 274 g/mol. The lowest BCUT2D eigenvalue weighted by molar-refractivity contribution is 0.426. The molecule has 0 spiro atoms. The molecule has 0 aliphatic carbocycles. The minimum absolute atomic E-state index is 0.479. The standard InChI is InChI=1S/C14H12BClN2O2/c16-12-5-6-13-14(7-12)18(9-17-13)8-10-1-3-11(4-2-10)15(19)20/h1-7,9,19-20H,8H2. The molecule has 0 amide bonds. The second kappa shape index (κ2) is 5.29. The van der Waals surface area contributed by atoms with E-state index in [4.69, 9.17) is 21.6 Å². The predicted molar refractivity (Wildman–Crippen MR) is 80.1 cm³/mol. The Kier molecular flexibility index (Phi) is 3.48. The van der Waals surface area contributed by atoms with Gasteiger partial charge in [-0.15, -0.1) is 0 Å². The number of halogens is 1. The summed E-state index contributed by atoms with van der Waals surface area (Å²) < 4.78 is 2.01. The highest BCUT2D eigenvalue weighted by Crippen LogP contribution is 2.19. The molecule has 0 fully saturated rings. The van der Waals surface area contributed by atoms with E-state index in [0.29, 0.717) is 17.0 Å². The van der Waals surface area contributed by atoms with Crippen LogP contribution in [0.25, 0.3) is 11.0 Å². The van der Waals surface area contributed by atoms with Gasteiger partial charge in [0.1, 0.15) is 0 Å². The summed E-state index contributed by atoms with van der Waals surface area (Å²) >= 11 is 6.01. The van der Waals surface area contributed by atoms with Crippen LogP contribution in [0.3, 0.4) is 0 Å². The summed E-state index contributed by atoms with van der Waals surface area (Å²) in [5.41, 5.74) is 3.40. The third-order valence-corrected chi connectivity index (χ3v) is 3.45. The van der Waals surface area contributed by atoms with E-state index in [0.717, 1.165) is 16.6 Å².